The van der Waals surface area contributed by atoms with Crippen molar-refractivity contribution in [1.82, 2.24) is 4.98 Å². The minimum absolute atomic E-state index is 0.193. The van der Waals surface area contributed by atoms with Crippen molar-refractivity contribution in [2.24, 2.45) is 0 Å². The lowest BCUT2D eigenvalue weighted by atomic mass is 10.3. The third kappa shape index (κ3) is 2.73. The number of aromatic nitrogens is 1. The van der Waals surface area contributed by atoms with Crippen LogP contribution in [0.4, 0.5) is 16.3 Å². The molecule has 5 nitrogen and oxygen atoms in total. The highest BCUT2D eigenvalue weighted by atomic mass is 35.5. The van der Waals surface area contributed by atoms with Gasteiger partial charge in [-0.2, -0.15) is 0 Å². The van der Waals surface area contributed by atoms with Crippen LogP contribution in [-0.2, 0) is 4.74 Å². The summed E-state index contributed by atoms with van der Waals surface area (Å²) in [4.78, 5) is 16.5. The van der Waals surface area contributed by atoms with Crippen LogP contribution in [0.2, 0.25) is 5.15 Å². The fourth-order valence-corrected chi connectivity index (χ4v) is 1.20. The van der Waals surface area contributed by atoms with E-state index in [0.29, 0.717) is 12.3 Å². The van der Waals surface area contributed by atoms with E-state index in [1.165, 1.54) is 4.90 Å². The molecule has 0 spiro atoms. The van der Waals surface area contributed by atoms with Crippen LogP contribution in [0.3, 0.4) is 0 Å². The molecule has 0 saturated heterocycles. The lowest BCUT2D eigenvalue weighted by Crippen LogP contribution is -2.28. The third-order valence-electron chi connectivity index (χ3n) is 1.77. The highest BCUT2D eigenvalue weighted by Crippen LogP contribution is 2.22. The van der Waals surface area contributed by atoms with Gasteiger partial charge in [-0.15, -0.1) is 0 Å². The molecule has 0 aliphatic rings. The Bertz CT molecular complexity index is 370. The second kappa shape index (κ2) is 4.84. The number of rotatable bonds is 2. The van der Waals surface area contributed by atoms with Gasteiger partial charge in [-0.1, -0.05) is 11.6 Å². The summed E-state index contributed by atoms with van der Waals surface area (Å²) in [6.45, 7) is 2.04. The zero-order chi connectivity index (χ0) is 11.4. The molecule has 0 aliphatic carbocycles. The molecule has 0 saturated carbocycles. The predicted molar refractivity (Wildman–Crippen MR) is 59.1 cm³/mol. The van der Waals surface area contributed by atoms with E-state index in [-0.39, 0.29) is 11.0 Å². The first kappa shape index (κ1) is 11.6. The van der Waals surface area contributed by atoms with Crippen LogP contribution in [0.15, 0.2) is 12.1 Å². The Kier molecular flexibility index (Phi) is 3.74. The van der Waals surface area contributed by atoms with Crippen LogP contribution in [0.25, 0.3) is 0 Å². The molecule has 0 fully saturated rings. The Morgan fingerprint density at radius 1 is 1.67 bits per heavy atom. The second-order valence-electron chi connectivity index (χ2n) is 2.80. The molecular weight excluding hydrogens is 218 g/mol. The van der Waals surface area contributed by atoms with Crippen LogP contribution in [0.5, 0.6) is 0 Å². The third-order valence-corrected chi connectivity index (χ3v) is 1.98. The van der Waals surface area contributed by atoms with Crippen molar-refractivity contribution in [2.75, 3.05) is 24.3 Å². The molecule has 1 aromatic heterocycles. The molecule has 0 aliphatic heterocycles. The molecule has 1 aromatic rings. The summed E-state index contributed by atoms with van der Waals surface area (Å²) in [5, 5.41) is 0.286. The van der Waals surface area contributed by atoms with Crippen molar-refractivity contribution in [3.05, 3.63) is 17.3 Å². The van der Waals surface area contributed by atoms with Crippen molar-refractivity contribution < 1.29 is 9.53 Å². The number of pyridine rings is 1. The molecular formula is C9H12ClN3O2. The Balaban J connectivity index is 2.91. The smallest absolute Gasteiger partial charge is 0.414 e. The van der Waals surface area contributed by atoms with Crippen molar-refractivity contribution in [1.29, 1.82) is 0 Å². The summed E-state index contributed by atoms with van der Waals surface area (Å²) < 4.78 is 4.81. The van der Waals surface area contributed by atoms with E-state index in [1.54, 1.807) is 26.1 Å². The first-order valence-corrected chi connectivity index (χ1v) is 4.76. The van der Waals surface area contributed by atoms with E-state index < -0.39 is 6.09 Å². The average molecular weight is 230 g/mol. The van der Waals surface area contributed by atoms with Crippen LogP contribution < -0.4 is 10.6 Å². The molecule has 1 amide bonds. The normalized spacial score (nSPS) is 9.80. The van der Waals surface area contributed by atoms with E-state index in [1.807, 2.05) is 0 Å². The number of nitrogens with two attached hydrogens (primary N) is 1. The number of hydrogen-bond donors (Lipinski definition) is 1. The van der Waals surface area contributed by atoms with Gasteiger partial charge in [-0.25, -0.2) is 9.78 Å². The molecule has 6 heteroatoms. The van der Waals surface area contributed by atoms with Gasteiger partial charge in [0.15, 0.2) is 0 Å². The van der Waals surface area contributed by atoms with E-state index in [2.05, 4.69) is 4.98 Å². The molecule has 2 N–H and O–H groups in total. The molecule has 0 aromatic carbocycles. The zero-order valence-electron chi connectivity index (χ0n) is 8.53. The first-order chi connectivity index (χ1) is 7.06. The number of nitrogens with zero attached hydrogens (tertiary/aromatic N) is 2. The molecule has 0 radical (unpaired) electrons. The van der Waals surface area contributed by atoms with Crippen molar-refractivity contribution in [3.63, 3.8) is 0 Å². The number of ether oxygens (including phenoxy) is 1. The Hall–Kier alpha value is -1.49. The number of amides is 1. The number of nitrogen functional groups attached to an aromatic ring is 1. The van der Waals surface area contributed by atoms with Crippen LogP contribution in [0.1, 0.15) is 6.92 Å². The molecule has 1 rings (SSSR count). The fourth-order valence-electron chi connectivity index (χ4n) is 1.04. The molecule has 0 bridgehead atoms. The average Bonchev–Trinajstić information content (AvgIpc) is 2.17. The topological polar surface area (TPSA) is 68.5 Å². The lowest BCUT2D eigenvalue weighted by molar-refractivity contribution is 0.161. The summed E-state index contributed by atoms with van der Waals surface area (Å²) >= 11 is 5.64. The maximum Gasteiger partial charge on any atom is 0.414 e. The van der Waals surface area contributed by atoms with E-state index in [4.69, 9.17) is 22.1 Å². The van der Waals surface area contributed by atoms with Gasteiger partial charge in [0.2, 0.25) is 0 Å². The summed E-state index contributed by atoms with van der Waals surface area (Å²) in [7, 11) is 1.55. The van der Waals surface area contributed by atoms with Gasteiger partial charge in [0, 0.05) is 7.05 Å². The minimum atomic E-state index is -0.478. The Labute approximate surface area is 92.8 Å². The number of hydrogen-bond acceptors (Lipinski definition) is 4. The van der Waals surface area contributed by atoms with E-state index in [0.717, 1.165) is 0 Å². The van der Waals surface area contributed by atoms with E-state index >= 15 is 0 Å². The summed E-state index contributed by atoms with van der Waals surface area (Å²) in [5.74, 6) is 0.193. The maximum atomic E-state index is 11.4. The lowest BCUT2D eigenvalue weighted by Gasteiger charge is -2.17. The minimum Gasteiger partial charge on any atom is -0.449 e. The second-order valence-corrected chi connectivity index (χ2v) is 3.18. The molecule has 1 heterocycles. The number of carbonyl (C=O) groups is 1. The SMILES string of the molecule is CCOC(=O)N(C)c1ccc(Cl)nc1N. The summed E-state index contributed by atoms with van der Waals surface area (Å²) in [6, 6.07) is 3.17. The standard InChI is InChI=1S/C9H12ClN3O2/c1-3-15-9(14)13(2)6-4-5-7(10)12-8(6)11/h4-5H,3H2,1-2H3,(H2,11,12). The predicted octanol–water partition coefficient (Wildman–Crippen LogP) is 1.91. The van der Waals surface area contributed by atoms with Gasteiger partial charge < -0.3 is 10.5 Å². The zero-order valence-corrected chi connectivity index (χ0v) is 9.28. The number of anilines is 2. The Morgan fingerprint density at radius 3 is 2.87 bits per heavy atom. The maximum absolute atomic E-state index is 11.4. The number of carbonyl (C=O) groups excluding carboxylic acids is 1. The first-order valence-electron chi connectivity index (χ1n) is 4.38. The number of halogens is 1. The van der Waals surface area contributed by atoms with Crippen LogP contribution >= 0.6 is 11.6 Å². The van der Waals surface area contributed by atoms with Gasteiger partial charge in [0.05, 0.1) is 12.3 Å². The van der Waals surface area contributed by atoms with Gasteiger partial charge in [0.1, 0.15) is 11.0 Å². The molecule has 0 unspecified atom stereocenters. The molecule has 0 atom stereocenters. The Morgan fingerprint density at radius 2 is 2.33 bits per heavy atom. The highest BCUT2D eigenvalue weighted by molar-refractivity contribution is 6.29. The largest absolute Gasteiger partial charge is 0.449 e. The van der Waals surface area contributed by atoms with Gasteiger partial charge >= 0.3 is 6.09 Å². The quantitative estimate of drug-likeness (QED) is 0.787. The molecule has 15 heavy (non-hydrogen) atoms. The summed E-state index contributed by atoms with van der Waals surface area (Å²) in [5.41, 5.74) is 6.08. The highest BCUT2D eigenvalue weighted by Gasteiger charge is 2.14. The fraction of sp³-hybridized carbons (Fsp3) is 0.333. The van der Waals surface area contributed by atoms with Crippen molar-refractivity contribution >= 4 is 29.2 Å². The van der Waals surface area contributed by atoms with Crippen molar-refractivity contribution in [2.45, 2.75) is 6.92 Å². The van der Waals surface area contributed by atoms with Crippen molar-refractivity contribution in [3.8, 4) is 0 Å². The van der Waals surface area contributed by atoms with Gasteiger partial charge in [-0.3, -0.25) is 4.90 Å². The monoisotopic (exact) mass is 229 g/mol. The van der Waals surface area contributed by atoms with Crippen LogP contribution in [0, 0.1) is 0 Å². The summed E-state index contributed by atoms with van der Waals surface area (Å²) in [6.07, 6.45) is -0.478. The van der Waals surface area contributed by atoms with Crippen LogP contribution in [-0.4, -0.2) is 24.7 Å². The molecule has 82 valence electrons. The van der Waals surface area contributed by atoms with Gasteiger partial charge in [-0.05, 0) is 19.1 Å². The van der Waals surface area contributed by atoms with E-state index in [9.17, 15) is 4.79 Å². The van der Waals surface area contributed by atoms with Gasteiger partial charge in [0.25, 0.3) is 0 Å².